The Labute approximate surface area is 200 Å². The fourth-order valence-corrected chi connectivity index (χ4v) is 4.96. The molecule has 7 nitrogen and oxygen atoms in total. The summed E-state index contributed by atoms with van der Waals surface area (Å²) in [5, 5.41) is 16.3. The number of aliphatic hydroxyl groups excluding tert-OH is 1. The van der Waals surface area contributed by atoms with Crippen LogP contribution in [0.1, 0.15) is 53.8 Å². The lowest BCUT2D eigenvalue weighted by Crippen LogP contribution is -2.27. The Morgan fingerprint density at radius 1 is 1.18 bits per heavy atom. The fourth-order valence-electron chi connectivity index (χ4n) is 4.96. The summed E-state index contributed by atoms with van der Waals surface area (Å²) in [4.78, 5) is 23.1. The van der Waals surface area contributed by atoms with Crippen LogP contribution < -0.4 is 10.6 Å². The molecule has 0 radical (unpaired) electrons. The van der Waals surface area contributed by atoms with Gasteiger partial charge in [0, 0.05) is 23.8 Å². The minimum Gasteiger partial charge on any atom is -0.392 e. The van der Waals surface area contributed by atoms with E-state index in [9.17, 15) is 9.90 Å². The highest BCUT2D eigenvalue weighted by Gasteiger charge is 2.28. The molecule has 0 aliphatic carbocycles. The second kappa shape index (κ2) is 10.2. The van der Waals surface area contributed by atoms with E-state index in [4.69, 9.17) is 4.98 Å². The second-order valence-corrected chi connectivity index (χ2v) is 9.18. The summed E-state index contributed by atoms with van der Waals surface area (Å²) in [5.74, 6) is 1.34. The summed E-state index contributed by atoms with van der Waals surface area (Å²) in [6, 6.07) is 14.1. The van der Waals surface area contributed by atoms with Crippen molar-refractivity contribution in [2.24, 2.45) is 0 Å². The summed E-state index contributed by atoms with van der Waals surface area (Å²) in [5.41, 5.74) is 4.47. The van der Waals surface area contributed by atoms with E-state index in [1.54, 1.807) is 0 Å². The van der Waals surface area contributed by atoms with Crippen molar-refractivity contribution >= 4 is 35.0 Å². The minimum atomic E-state index is -0.259. The molecule has 2 atom stereocenters. The Kier molecular flexibility index (Phi) is 7.34. The van der Waals surface area contributed by atoms with Crippen LogP contribution in [0.3, 0.4) is 0 Å². The molecule has 5 rings (SSSR count). The van der Waals surface area contributed by atoms with Gasteiger partial charge in [-0.25, -0.2) is 4.98 Å². The topological polar surface area (TPSA) is 93.3 Å². The number of halogens is 1. The van der Waals surface area contributed by atoms with Gasteiger partial charge < -0.3 is 20.7 Å². The van der Waals surface area contributed by atoms with Gasteiger partial charge in [0.25, 0.3) is 5.91 Å². The third-order valence-electron chi connectivity index (χ3n) is 6.81. The van der Waals surface area contributed by atoms with E-state index < -0.39 is 0 Å². The summed E-state index contributed by atoms with van der Waals surface area (Å²) >= 11 is 0. The highest BCUT2D eigenvalue weighted by atomic mass is 35.5. The zero-order valence-corrected chi connectivity index (χ0v) is 19.7. The molecule has 2 fully saturated rings. The number of hydrogen-bond donors (Lipinski definition) is 4. The molecular weight excluding hydrogens is 438 g/mol. The van der Waals surface area contributed by atoms with Gasteiger partial charge in [-0.3, -0.25) is 9.69 Å². The molecule has 2 aromatic carbocycles. The first kappa shape index (κ1) is 23.7. The van der Waals surface area contributed by atoms with Crippen molar-refractivity contribution < 1.29 is 9.90 Å². The number of carbonyl (C=O) groups is 1. The Bertz CT molecular complexity index is 1090. The maximum Gasteiger partial charge on any atom is 0.255 e. The van der Waals surface area contributed by atoms with Crippen LogP contribution in [0.2, 0.25) is 0 Å². The first-order valence-corrected chi connectivity index (χ1v) is 11.6. The molecule has 2 aliphatic rings. The van der Waals surface area contributed by atoms with E-state index in [2.05, 4.69) is 39.6 Å². The molecule has 4 N–H and O–H groups in total. The Balaban J connectivity index is 0.00000259. The predicted molar refractivity (Wildman–Crippen MR) is 133 cm³/mol. The molecule has 176 valence electrons. The number of aliphatic hydroxyl groups is 1. The van der Waals surface area contributed by atoms with Gasteiger partial charge in [-0.2, -0.15) is 0 Å². The van der Waals surface area contributed by atoms with Gasteiger partial charge in [-0.05, 0) is 81.1 Å². The maximum atomic E-state index is 12.8. The third-order valence-corrected chi connectivity index (χ3v) is 6.81. The van der Waals surface area contributed by atoms with Crippen molar-refractivity contribution in [1.29, 1.82) is 0 Å². The Hall–Kier alpha value is -2.45. The van der Waals surface area contributed by atoms with Gasteiger partial charge in [0.15, 0.2) is 0 Å². The normalized spacial score (nSPS) is 21.8. The number of nitrogens with one attached hydrogen (secondary N) is 3. The largest absolute Gasteiger partial charge is 0.392 e. The van der Waals surface area contributed by atoms with Crippen LogP contribution in [0, 0.1) is 0 Å². The summed E-state index contributed by atoms with van der Waals surface area (Å²) in [6.45, 7) is 5.60. The van der Waals surface area contributed by atoms with Crippen LogP contribution in [0.15, 0.2) is 42.5 Å². The quantitative estimate of drug-likeness (QED) is 0.457. The number of amides is 1. The smallest absolute Gasteiger partial charge is 0.255 e. The van der Waals surface area contributed by atoms with E-state index in [1.165, 1.54) is 5.56 Å². The molecule has 0 spiro atoms. The van der Waals surface area contributed by atoms with E-state index in [1.807, 2.05) is 30.3 Å². The molecule has 0 bridgehead atoms. The number of aromatic amines is 1. The van der Waals surface area contributed by atoms with Gasteiger partial charge in [-0.1, -0.05) is 12.1 Å². The highest BCUT2D eigenvalue weighted by Crippen LogP contribution is 2.26. The fraction of sp³-hybridized carbons (Fsp3) is 0.440. The standard InChI is InChI=1S/C25H31N5O2.ClH/c1-16-12-21(31)14-30(16)15-24-28-22-7-6-20(13-23(22)29-24)27-25(32)19-4-2-17(3-5-19)18-8-10-26-11-9-18;/h2-7,13,16,18,21,26,31H,8-12,14-15H2,1H3,(H,27,32)(H,28,29);1H/t16-,21-;/m0./s1. The van der Waals surface area contributed by atoms with Gasteiger partial charge in [0.2, 0.25) is 0 Å². The van der Waals surface area contributed by atoms with Crippen molar-refractivity contribution in [2.75, 3.05) is 25.0 Å². The van der Waals surface area contributed by atoms with E-state index in [-0.39, 0.29) is 24.4 Å². The average molecular weight is 470 g/mol. The first-order chi connectivity index (χ1) is 15.5. The number of carbonyl (C=O) groups excluding carboxylic acids is 1. The predicted octanol–water partition coefficient (Wildman–Crippen LogP) is 3.66. The van der Waals surface area contributed by atoms with Crippen LogP contribution in [-0.2, 0) is 6.54 Å². The average Bonchev–Trinajstić information content (AvgIpc) is 3.35. The number of aromatic nitrogens is 2. The molecular formula is C25H32ClN5O2. The van der Waals surface area contributed by atoms with E-state index in [0.29, 0.717) is 30.6 Å². The van der Waals surface area contributed by atoms with Crippen LogP contribution in [0.4, 0.5) is 5.69 Å². The molecule has 0 saturated carbocycles. The molecule has 2 aliphatic heterocycles. The van der Waals surface area contributed by atoms with Crippen molar-refractivity contribution in [3.63, 3.8) is 0 Å². The molecule has 8 heteroatoms. The molecule has 33 heavy (non-hydrogen) atoms. The maximum absolute atomic E-state index is 12.8. The van der Waals surface area contributed by atoms with Gasteiger partial charge in [0.1, 0.15) is 5.82 Å². The third kappa shape index (κ3) is 5.38. The summed E-state index contributed by atoms with van der Waals surface area (Å²) in [6.07, 6.45) is 2.84. The lowest BCUT2D eigenvalue weighted by Gasteiger charge is -2.23. The Morgan fingerprint density at radius 2 is 1.94 bits per heavy atom. The van der Waals surface area contributed by atoms with Crippen LogP contribution in [-0.4, -0.2) is 57.7 Å². The highest BCUT2D eigenvalue weighted by molar-refractivity contribution is 6.05. The van der Waals surface area contributed by atoms with E-state index in [0.717, 1.165) is 54.9 Å². The Morgan fingerprint density at radius 3 is 2.64 bits per heavy atom. The van der Waals surface area contributed by atoms with Crippen molar-refractivity contribution in [2.45, 2.75) is 50.8 Å². The number of hydrogen-bond acceptors (Lipinski definition) is 5. The number of fused-ring (bicyclic) bond motifs is 1. The second-order valence-electron chi connectivity index (χ2n) is 9.18. The van der Waals surface area contributed by atoms with Crippen molar-refractivity contribution in [3.05, 3.63) is 59.4 Å². The van der Waals surface area contributed by atoms with Crippen LogP contribution in [0.5, 0.6) is 0 Å². The van der Waals surface area contributed by atoms with Crippen LogP contribution in [0.25, 0.3) is 11.0 Å². The van der Waals surface area contributed by atoms with Gasteiger partial charge in [0.05, 0.1) is 23.7 Å². The number of imidazole rings is 1. The number of anilines is 1. The number of β-amino-alcohol motifs (C(OH)–C–C–N with tert-alkyl or cyclic N) is 1. The van der Waals surface area contributed by atoms with Gasteiger partial charge >= 0.3 is 0 Å². The number of likely N-dealkylation sites (tertiary alicyclic amines) is 1. The molecule has 1 aromatic heterocycles. The zero-order valence-electron chi connectivity index (χ0n) is 18.9. The number of nitrogens with zero attached hydrogens (tertiary/aromatic N) is 2. The lowest BCUT2D eigenvalue weighted by molar-refractivity contribution is 0.102. The minimum absolute atomic E-state index is 0. The lowest BCUT2D eigenvalue weighted by atomic mass is 9.90. The van der Waals surface area contributed by atoms with Crippen LogP contribution >= 0.6 is 12.4 Å². The monoisotopic (exact) mass is 469 g/mol. The SMILES string of the molecule is C[C@H]1C[C@H](O)CN1Cc1nc2cc(NC(=O)c3ccc(C4CCNCC4)cc3)ccc2[nH]1.Cl. The number of rotatable bonds is 5. The van der Waals surface area contributed by atoms with Crippen molar-refractivity contribution in [3.8, 4) is 0 Å². The molecule has 2 saturated heterocycles. The van der Waals surface area contributed by atoms with Crippen molar-refractivity contribution in [1.82, 2.24) is 20.2 Å². The number of benzene rings is 2. The molecule has 3 heterocycles. The summed E-state index contributed by atoms with van der Waals surface area (Å²) in [7, 11) is 0. The zero-order chi connectivity index (χ0) is 22.1. The summed E-state index contributed by atoms with van der Waals surface area (Å²) < 4.78 is 0. The molecule has 1 amide bonds. The van der Waals surface area contributed by atoms with Gasteiger partial charge in [-0.15, -0.1) is 12.4 Å². The molecule has 3 aromatic rings. The number of H-pyrrole nitrogens is 1. The first-order valence-electron chi connectivity index (χ1n) is 11.6. The number of piperidine rings is 1. The van der Waals surface area contributed by atoms with E-state index >= 15 is 0 Å². The molecule has 0 unspecified atom stereocenters.